The van der Waals surface area contributed by atoms with E-state index in [0.717, 1.165) is 27.8 Å². The zero-order valence-electron chi connectivity index (χ0n) is 15.5. The molecule has 0 aliphatic carbocycles. The van der Waals surface area contributed by atoms with Crippen LogP contribution in [0.2, 0.25) is 0 Å². The van der Waals surface area contributed by atoms with Crippen LogP contribution in [0, 0.1) is 6.92 Å². The van der Waals surface area contributed by atoms with Gasteiger partial charge in [0.25, 0.3) is 0 Å². The van der Waals surface area contributed by atoms with Gasteiger partial charge in [0, 0.05) is 10.2 Å². The average Bonchev–Trinajstić information content (AvgIpc) is 2.66. The summed E-state index contributed by atoms with van der Waals surface area (Å²) in [5.74, 6) is 0.152. The van der Waals surface area contributed by atoms with Crippen LogP contribution in [-0.2, 0) is 9.59 Å². The van der Waals surface area contributed by atoms with Gasteiger partial charge < -0.3 is 20.7 Å². The molecule has 0 heterocycles. The first kappa shape index (κ1) is 20.8. The Morgan fingerprint density at radius 1 is 1.04 bits per heavy atom. The van der Waals surface area contributed by atoms with Crippen molar-refractivity contribution in [2.45, 2.75) is 20.3 Å². The first-order chi connectivity index (χ1) is 13.0. The highest BCUT2D eigenvalue weighted by Crippen LogP contribution is 2.23. The molecule has 2 rings (SSSR count). The molecule has 27 heavy (non-hydrogen) atoms. The van der Waals surface area contributed by atoms with Gasteiger partial charge >= 0.3 is 0 Å². The van der Waals surface area contributed by atoms with Gasteiger partial charge in [0.2, 0.25) is 11.8 Å². The first-order valence-corrected chi connectivity index (χ1v) is 9.57. The molecule has 3 N–H and O–H groups in total. The third-order valence-electron chi connectivity index (χ3n) is 3.70. The third kappa shape index (κ3) is 6.94. The molecule has 0 radical (unpaired) electrons. The Balaban J connectivity index is 1.78. The number of benzene rings is 2. The summed E-state index contributed by atoms with van der Waals surface area (Å²) >= 11 is 3.38. The van der Waals surface area contributed by atoms with Crippen molar-refractivity contribution in [2.75, 3.05) is 30.3 Å². The highest BCUT2D eigenvalue weighted by Gasteiger charge is 2.09. The van der Waals surface area contributed by atoms with Crippen molar-refractivity contribution in [1.29, 1.82) is 0 Å². The van der Waals surface area contributed by atoms with Crippen LogP contribution >= 0.6 is 15.9 Å². The molecule has 0 spiro atoms. The Bertz CT molecular complexity index is 796. The number of hydrogen-bond donors (Lipinski definition) is 3. The number of aryl methyl sites for hydroxylation is 1. The topological polar surface area (TPSA) is 79.5 Å². The number of hydrogen-bond acceptors (Lipinski definition) is 4. The number of rotatable bonds is 9. The number of ether oxygens (including phenoxy) is 1. The van der Waals surface area contributed by atoms with Gasteiger partial charge in [-0.05, 0) is 49.2 Å². The summed E-state index contributed by atoms with van der Waals surface area (Å²) < 4.78 is 6.59. The smallest absolute Gasteiger partial charge is 0.243 e. The largest absolute Gasteiger partial charge is 0.491 e. The molecule has 0 unspecified atom stereocenters. The fourth-order valence-electron chi connectivity index (χ4n) is 2.33. The van der Waals surface area contributed by atoms with Gasteiger partial charge in [-0.1, -0.05) is 35.0 Å². The molecule has 0 bridgehead atoms. The van der Waals surface area contributed by atoms with E-state index in [1.807, 2.05) is 56.3 Å². The molecular formula is C20H24BrN3O3. The van der Waals surface area contributed by atoms with E-state index in [2.05, 4.69) is 31.9 Å². The predicted octanol–water partition coefficient (Wildman–Crippen LogP) is 3.71. The lowest BCUT2D eigenvalue weighted by Crippen LogP contribution is -2.36. The van der Waals surface area contributed by atoms with Crippen LogP contribution in [-0.4, -0.2) is 31.5 Å². The van der Waals surface area contributed by atoms with Crippen molar-refractivity contribution in [3.05, 3.63) is 52.5 Å². The minimum atomic E-state index is -0.277. The number of carbonyl (C=O) groups excluding carboxylic acids is 2. The van der Waals surface area contributed by atoms with Crippen LogP contribution in [0.3, 0.4) is 0 Å². The maximum absolute atomic E-state index is 12.0. The van der Waals surface area contributed by atoms with E-state index < -0.39 is 0 Å². The van der Waals surface area contributed by atoms with Crippen molar-refractivity contribution >= 4 is 39.1 Å². The summed E-state index contributed by atoms with van der Waals surface area (Å²) in [7, 11) is 0. The first-order valence-electron chi connectivity index (χ1n) is 8.78. The summed E-state index contributed by atoms with van der Waals surface area (Å²) in [4.78, 5) is 24.0. The summed E-state index contributed by atoms with van der Waals surface area (Å²) in [5.41, 5.74) is 2.41. The fourth-order valence-corrected chi connectivity index (χ4v) is 2.80. The highest BCUT2D eigenvalue weighted by molar-refractivity contribution is 9.10. The molecule has 0 saturated heterocycles. The van der Waals surface area contributed by atoms with Crippen LogP contribution < -0.4 is 20.7 Å². The van der Waals surface area contributed by atoms with E-state index in [0.29, 0.717) is 12.4 Å². The SMILES string of the molecule is CCCOc1ccccc1NCC(=O)NCC(=O)Nc1ccc(Br)cc1C. The summed E-state index contributed by atoms with van der Waals surface area (Å²) in [6.07, 6.45) is 0.905. The highest BCUT2D eigenvalue weighted by atomic mass is 79.9. The Kier molecular flexibility index (Phi) is 8.13. The fraction of sp³-hybridized carbons (Fsp3) is 0.300. The van der Waals surface area contributed by atoms with E-state index in [-0.39, 0.29) is 24.9 Å². The third-order valence-corrected chi connectivity index (χ3v) is 4.19. The van der Waals surface area contributed by atoms with Crippen LogP contribution in [0.4, 0.5) is 11.4 Å². The molecule has 7 heteroatoms. The molecular weight excluding hydrogens is 410 g/mol. The quantitative estimate of drug-likeness (QED) is 0.562. The Labute approximate surface area is 167 Å². The minimum Gasteiger partial charge on any atom is -0.491 e. The molecule has 2 aromatic carbocycles. The van der Waals surface area contributed by atoms with E-state index in [4.69, 9.17) is 4.74 Å². The maximum Gasteiger partial charge on any atom is 0.243 e. The molecule has 0 aliphatic rings. The molecule has 2 aromatic rings. The van der Waals surface area contributed by atoms with Gasteiger partial charge in [0.15, 0.2) is 0 Å². The van der Waals surface area contributed by atoms with Gasteiger partial charge in [0.05, 0.1) is 25.4 Å². The van der Waals surface area contributed by atoms with Crippen LogP contribution in [0.1, 0.15) is 18.9 Å². The molecule has 0 saturated carbocycles. The lowest BCUT2D eigenvalue weighted by molar-refractivity contribution is -0.122. The van der Waals surface area contributed by atoms with Crippen molar-refractivity contribution < 1.29 is 14.3 Å². The van der Waals surface area contributed by atoms with Crippen LogP contribution in [0.5, 0.6) is 5.75 Å². The normalized spacial score (nSPS) is 10.2. The predicted molar refractivity (Wildman–Crippen MR) is 111 cm³/mol. The van der Waals surface area contributed by atoms with Gasteiger partial charge in [-0.15, -0.1) is 0 Å². The maximum atomic E-state index is 12.0. The van der Waals surface area contributed by atoms with E-state index in [1.54, 1.807) is 0 Å². The zero-order chi connectivity index (χ0) is 19.6. The number of carbonyl (C=O) groups is 2. The second-order valence-electron chi connectivity index (χ2n) is 5.98. The van der Waals surface area contributed by atoms with Crippen molar-refractivity contribution in [1.82, 2.24) is 5.32 Å². The Morgan fingerprint density at radius 3 is 2.56 bits per heavy atom. The second kappa shape index (κ2) is 10.6. The summed E-state index contributed by atoms with van der Waals surface area (Å²) in [5, 5.41) is 8.42. The minimum absolute atomic E-state index is 0.0527. The van der Waals surface area contributed by atoms with Gasteiger partial charge in [-0.25, -0.2) is 0 Å². The molecule has 0 fully saturated rings. The Morgan fingerprint density at radius 2 is 1.81 bits per heavy atom. The standard InChI is InChI=1S/C20H24BrN3O3/c1-3-10-27-18-7-5-4-6-17(18)22-12-19(25)23-13-20(26)24-16-9-8-15(21)11-14(16)2/h4-9,11,22H,3,10,12-13H2,1-2H3,(H,23,25)(H,24,26). The Hall–Kier alpha value is -2.54. The zero-order valence-corrected chi connectivity index (χ0v) is 17.1. The van der Waals surface area contributed by atoms with Gasteiger partial charge in [0.1, 0.15) is 5.75 Å². The number of halogens is 1. The van der Waals surface area contributed by atoms with E-state index >= 15 is 0 Å². The molecule has 2 amide bonds. The molecule has 0 aromatic heterocycles. The number of anilines is 2. The van der Waals surface area contributed by atoms with Crippen LogP contribution in [0.15, 0.2) is 46.9 Å². The monoisotopic (exact) mass is 433 g/mol. The van der Waals surface area contributed by atoms with Gasteiger partial charge in [-0.2, -0.15) is 0 Å². The van der Waals surface area contributed by atoms with Crippen molar-refractivity contribution in [2.24, 2.45) is 0 Å². The average molecular weight is 434 g/mol. The lowest BCUT2D eigenvalue weighted by Gasteiger charge is -2.13. The molecule has 6 nitrogen and oxygen atoms in total. The number of amides is 2. The number of para-hydroxylation sites is 2. The lowest BCUT2D eigenvalue weighted by atomic mass is 10.2. The molecule has 144 valence electrons. The summed E-state index contributed by atoms with van der Waals surface area (Å²) in [6.45, 7) is 4.51. The summed E-state index contributed by atoms with van der Waals surface area (Å²) in [6, 6.07) is 13.0. The number of nitrogens with one attached hydrogen (secondary N) is 3. The van der Waals surface area contributed by atoms with E-state index in [9.17, 15) is 9.59 Å². The van der Waals surface area contributed by atoms with Crippen molar-refractivity contribution in [3.63, 3.8) is 0 Å². The molecule has 0 aliphatic heterocycles. The molecule has 0 atom stereocenters. The van der Waals surface area contributed by atoms with E-state index in [1.165, 1.54) is 0 Å². The van der Waals surface area contributed by atoms with Crippen molar-refractivity contribution in [3.8, 4) is 5.75 Å². The second-order valence-corrected chi connectivity index (χ2v) is 6.90. The van der Waals surface area contributed by atoms with Gasteiger partial charge in [-0.3, -0.25) is 9.59 Å². The van der Waals surface area contributed by atoms with Crippen LogP contribution in [0.25, 0.3) is 0 Å².